The zero-order chi connectivity index (χ0) is 15.6. The first-order chi connectivity index (χ1) is 11.3. The van der Waals surface area contributed by atoms with Crippen molar-refractivity contribution >= 4 is 12.0 Å². The molecule has 3 aliphatic rings. The smallest absolute Gasteiger partial charge is 0.246 e. The molecule has 0 aromatic heterocycles. The van der Waals surface area contributed by atoms with Gasteiger partial charge >= 0.3 is 0 Å². The number of hydrogen-bond donors (Lipinski definition) is 0. The van der Waals surface area contributed by atoms with Crippen LogP contribution in [-0.2, 0) is 4.79 Å². The minimum atomic E-state index is 0.131. The topological polar surface area (TPSA) is 38.8 Å². The number of nitrogens with zero attached hydrogens (tertiary/aromatic N) is 1. The number of ether oxygens (including phenoxy) is 2. The van der Waals surface area contributed by atoms with E-state index in [4.69, 9.17) is 9.47 Å². The van der Waals surface area contributed by atoms with Gasteiger partial charge in [0.2, 0.25) is 12.7 Å². The molecule has 1 aromatic carbocycles. The summed E-state index contributed by atoms with van der Waals surface area (Å²) >= 11 is 0. The lowest BCUT2D eigenvalue weighted by Gasteiger charge is -2.41. The number of rotatable bonds is 2. The van der Waals surface area contributed by atoms with Crippen molar-refractivity contribution in [2.75, 3.05) is 19.9 Å². The molecule has 1 aromatic rings. The molecule has 4 heteroatoms. The lowest BCUT2D eigenvalue weighted by molar-refractivity contribution is -0.128. The van der Waals surface area contributed by atoms with Crippen molar-refractivity contribution in [1.29, 1.82) is 0 Å². The van der Waals surface area contributed by atoms with Crippen molar-refractivity contribution < 1.29 is 14.3 Å². The molecule has 1 saturated carbocycles. The number of carbonyl (C=O) groups is 1. The van der Waals surface area contributed by atoms with Crippen molar-refractivity contribution in [3.05, 3.63) is 29.8 Å². The van der Waals surface area contributed by atoms with E-state index in [1.165, 1.54) is 32.1 Å². The van der Waals surface area contributed by atoms with E-state index >= 15 is 0 Å². The lowest BCUT2D eigenvalue weighted by atomic mass is 9.75. The highest BCUT2D eigenvalue weighted by atomic mass is 16.7. The highest BCUT2D eigenvalue weighted by Gasteiger charge is 2.32. The number of hydrogen-bond acceptors (Lipinski definition) is 3. The molecular weight excluding hydrogens is 290 g/mol. The Labute approximate surface area is 137 Å². The van der Waals surface area contributed by atoms with Gasteiger partial charge in [-0.2, -0.15) is 0 Å². The lowest BCUT2D eigenvalue weighted by Crippen LogP contribution is -2.44. The van der Waals surface area contributed by atoms with Gasteiger partial charge in [-0.25, -0.2) is 0 Å². The number of piperidine rings is 1. The van der Waals surface area contributed by atoms with Gasteiger partial charge in [-0.05, 0) is 48.4 Å². The maximum atomic E-state index is 12.5. The average Bonchev–Trinajstić information content (AvgIpc) is 3.07. The van der Waals surface area contributed by atoms with E-state index in [2.05, 4.69) is 0 Å². The first-order valence-electron chi connectivity index (χ1n) is 8.66. The van der Waals surface area contributed by atoms with Crippen molar-refractivity contribution in [3.8, 4) is 11.5 Å². The Balaban J connectivity index is 1.39. The van der Waals surface area contributed by atoms with Gasteiger partial charge in [0, 0.05) is 19.2 Å². The summed E-state index contributed by atoms with van der Waals surface area (Å²) in [6.45, 7) is 2.12. The Hall–Kier alpha value is -1.97. The second-order valence-corrected chi connectivity index (χ2v) is 6.82. The molecule has 0 N–H and O–H groups in total. The highest BCUT2D eigenvalue weighted by molar-refractivity contribution is 5.92. The molecule has 4 rings (SSSR count). The Morgan fingerprint density at radius 1 is 1.09 bits per heavy atom. The fourth-order valence-corrected chi connectivity index (χ4v) is 4.09. The van der Waals surface area contributed by atoms with Gasteiger partial charge in [0.25, 0.3) is 0 Å². The molecule has 0 spiro atoms. The maximum Gasteiger partial charge on any atom is 0.246 e. The van der Waals surface area contributed by atoms with Gasteiger partial charge in [0.15, 0.2) is 11.5 Å². The van der Waals surface area contributed by atoms with E-state index in [9.17, 15) is 4.79 Å². The predicted molar refractivity (Wildman–Crippen MR) is 88.2 cm³/mol. The van der Waals surface area contributed by atoms with Gasteiger partial charge in [-0.15, -0.1) is 0 Å². The third-order valence-corrected chi connectivity index (χ3v) is 5.42. The van der Waals surface area contributed by atoms with E-state index < -0.39 is 0 Å². The van der Waals surface area contributed by atoms with E-state index in [0.717, 1.165) is 42.0 Å². The summed E-state index contributed by atoms with van der Waals surface area (Å²) in [7, 11) is 0. The molecule has 1 aliphatic carbocycles. The number of benzene rings is 1. The standard InChI is InChI=1S/C19H23NO3/c21-19(20-10-9-15-3-1-2-4-16(15)12-20)8-6-14-5-7-17-18(11-14)23-13-22-17/h5-8,11,15-16H,1-4,9-10,12-13H2/b8-6+/t15-,16-/m1/s1. The Kier molecular flexibility index (Phi) is 3.98. The fraction of sp³-hybridized carbons (Fsp3) is 0.526. The number of carbonyl (C=O) groups excluding carboxylic acids is 1. The molecule has 2 atom stereocenters. The van der Waals surface area contributed by atoms with Crippen LogP contribution >= 0.6 is 0 Å². The second kappa shape index (κ2) is 6.26. The minimum Gasteiger partial charge on any atom is -0.454 e. The SMILES string of the molecule is O=C(/C=C/c1ccc2c(c1)OCO2)N1CC[C@H]2CCCC[C@@H]2C1. The molecule has 1 saturated heterocycles. The zero-order valence-corrected chi connectivity index (χ0v) is 13.4. The fourth-order valence-electron chi connectivity index (χ4n) is 4.09. The summed E-state index contributed by atoms with van der Waals surface area (Å²) in [5, 5.41) is 0. The van der Waals surface area contributed by atoms with Crippen LogP contribution in [0.4, 0.5) is 0 Å². The summed E-state index contributed by atoms with van der Waals surface area (Å²) < 4.78 is 10.7. The normalized spacial score (nSPS) is 26.3. The molecule has 1 amide bonds. The van der Waals surface area contributed by atoms with Crippen LogP contribution in [-0.4, -0.2) is 30.7 Å². The van der Waals surface area contributed by atoms with E-state index in [1.807, 2.05) is 29.2 Å². The molecule has 2 heterocycles. The van der Waals surface area contributed by atoms with Gasteiger partial charge in [0.1, 0.15) is 0 Å². The minimum absolute atomic E-state index is 0.131. The van der Waals surface area contributed by atoms with Crippen LogP contribution in [0.1, 0.15) is 37.7 Å². The zero-order valence-electron chi connectivity index (χ0n) is 13.4. The van der Waals surface area contributed by atoms with Crippen molar-refractivity contribution in [3.63, 3.8) is 0 Å². The van der Waals surface area contributed by atoms with Crippen LogP contribution in [0.15, 0.2) is 24.3 Å². The van der Waals surface area contributed by atoms with Crippen molar-refractivity contribution in [1.82, 2.24) is 4.90 Å². The van der Waals surface area contributed by atoms with E-state index in [1.54, 1.807) is 6.08 Å². The number of fused-ring (bicyclic) bond motifs is 2. The van der Waals surface area contributed by atoms with Crippen LogP contribution in [0.3, 0.4) is 0 Å². The van der Waals surface area contributed by atoms with E-state index in [-0.39, 0.29) is 12.7 Å². The molecule has 122 valence electrons. The van der Waals surface area contributed by atoms with Crippen LogP contribution in [0.25, 0.3) is 6.08 Å². The largest absolute Gasteiger partial charge is 0.454 e. The van der Waals surface area contributed by atoms with Crippen molar-refractivity contribution in [2.24, 2.45) is 11.8 Å². The number of likely N-dealkylation sites (tertiary alicyclic amines) is 1. The van der Waals surface area contributed by atoms with Crippen LogP contribution in [0, 0.1) is 11.8 Å². The average molecular weight is 313 g/mol. The summed E-state index contributed by atoms with van der Waals surface area (Å²) in [6.07, 6.45) is 10.1. The summed E-state index contributed by atoms with van der Waals surface area (Å²) in [5.41, 5.74) is 0.968. The van der Waals surface area contributed by atoms with E-state index in [0.29, 0.717) is 0 Å². The molecule has 0 unspecified atom stereocenters. The number of amides is 1. The quantitative estimate of drug-likeness (QED) is 0.785. The van der Waals surface area contributed by atoms with Crippen molar-refractivity contribution in [2.45, 2.75) is 32.1 Å². The monoisotopic (exact) mass is 313 g/mol. The third-order valence-electron chi connectivity index (χ3n) is 5.42. The molecule has 0 radical (unpaired) electrons. The molecule has 2 aliphatic heterocycles. The van der Waals surface area contributed by atoms with Gasteiger partial charge in [0.05, 0.1) is 0 Å². The first kappa shape index (κ1) is 14.6. The summed E-state index contributed by atoms with van der Waals surface area (Å²) in [5.74, 6) is 3.23. The maximum absolute atomic E-state index is 12.5. The van der Waals surface area contributed by atoms with Gasteiger partial charge < -0.3 is 14.4 Å². The second-order valence-electron chi connectivity index (χ2n) is 6.82. The predicted octanol–water partition coefficient (Wildman–Crippen LogP) is 3.47. The molecule has 4 nitrogen and oxygen atoms in total. The Morgan fingerprint density at radius 2 is 1.91 bits per heavy atom. The molecule has 2 fully saturated rings. The van der Waals surface area contributed by atoms with Gasteiger partial charge in [-0.1, -0.05) is 25.3 Å². The molecule has 0 bridgehead atoms. The molecule has 23 heavy (non-hydrogen) atoms. The third kappa shape index (κ3) is 3.07. The van der Waals surface area contributed by atoms with Crippen LogP contribution in [0.2, 0.25) is 0 Å². The van der Waals surface area contributed by atoms with Gasteiger partial charge in [-0.3, -0.25) is 4.79 Å². The van der Waals surface area contributed by atoms with Crippen LogP contribution < -0.4 is 9.47 Å². The first-order valence-corrected chi connectivity index (χ1v) is 8.66. The Bertz CT molecular complexity index is 625. The van der Waals surface area contributed by atoms with Crippen LogP contribution in [0.5, 0.6) is 11.5 Å². The highest BCUT2D eigenvalue weighted by Crippen LogP contribution is 2.36. The summed E-state index contributed by atoms with van der Waals surface area (Å²) in [6, 6.07) is 5.75. The Morgan fingerprint density at radius 3 is 2.83 bits per heavy atom. The summed E-state index contributed by atoms with van der Waals surface area (Å²) in [4.78, 5) is 14.5. The molecular formula is C19H23NO3.